The van der Waals surface area contributed by atoms with E-state index < -0.39 is 16.0 Å². The number of hydrogen-bond donors (Lipinski definition) is 0. The van der Waals surface area contributed by atoms with Crippen molar-refractivity contribution in [2.45, 2.75) is 57.8 Å². The first-order chi connectivity index (χ1) is 17.1. The molecule has 2 aromatic carbocycles. The Bertz CT molecular complexity index is 1100. The molecule has 10 heteroatoms. The lowest BCUT2D eigenvalue weighted by molar-refractivity contribution is 0.0126. The predicted molar refractivity (Wildman–Crippen MR) is 132 cm³/mol. The Kier molecular flexibility index (Phi) is 8.07. The van der Waals surface area contributed by atoms with E-state index in [1.165, 1.54) is 0 Å². The molecule has 0 N–H and O–H groups in total. The number of benzene rings is 2. The molecule has 0 aromatic heterocycles. The van der Waals surface area contributed by atoms with Gasteiger partial charge < -0.3 is 19.1 Å². The monoisotopic (exact) mass is 519 g/mol. The first-order valence-electron chi connectivity index (χ1n) is 12.1. The molecule has 9 nitrogen and oxygen atoms in total. The van der Waals surface area contributed by atoms with E-state index in [1.807, 2.05) is 69.3 Å². The van der Waals surface area contributed by atoms with Gasteiger partial charge in [0.2, 0.25) is 0 Å². The van der Waals surface area contributed by atoms with Crippen LogP contribution >= 0.6 is 0 Å². The number of likely N-dealkylation sites (tertiary alicyclic amines) is 1. The second kappa shape index (κ2) is 11.1. The summed E-state index contributed by atoms with van der Waals surface area (Å²) in [5.41, 5.74) is 1.44. The molecule has 2 fully saturated rings. The van der Waals surface area contributed by atoms with Gasteiger partial charge in [0, 0.05) is 31.8 Å². The second-order valence-corrected chi connectivity index (χ2v) is 11.2. The van der Waals surface area contributed by atoms with Gasteiger partial charge in [0.15, 0.2) is 0 Å². The fourth-order valence-electron chi connectivity index (χ4n) is 3.95. The van der Waals surface area contributed by atoms with Crippen LogP contribution in [0.25, 0.3) is 0 Å². The van der Waals surface area contributed by atoms with Crippen LogP contribution in [-0.4, -0.2) is 57.4 Å². The van der Waals surface area contributed by atoms with Crippen LogP contribution in [0.5, 0.6) is 11.5 Å². The van der Waals surface area contributed by atoms with Crippen molar-refractivity contribution in [1.82, 2.24) is 4.90 Å². The smallest absolute Gasteiger partial charge is 0.410 e. The maximum atomic E-state index is 12.2. The quantitative estimate of drug-likeness (QED) is 0.553. The van der Waals surface area contributed by atoms with Crippen LogP contribution < -0.4 is 9.47 Å². The number of carbonyl (C=O) groups excluding carboxylic acids is 1. The van der Waals surface area contributed by atoms with Crippen molar-refractivity contribution in [2.75, 3.05) is 26.3 Å². The van der Waals surface area contributed by atoms with Crippen molar-refractivity contribution < 1.29 is 35.8 Å². The summed E-state index contributed by atoms with van der Waals surface area (Å²) in [4.78, 5) is 13.9. The molecule has 0 bridgehead atoms. The molecule has 0 spiro atoms. The molecule has 0 unspecified atom stereocenters. The second-order valence-electron chi connectivity index (χ2n) is 9.96. The first-order valence-corrected chi connectivity index (χ1v) is 13.4. The maximum Gasteiger partial charge on any atom is 0.410 e. The van der Waals surface area contributed by atoms with Gasteiger partial charge in [-0.2, -0.15) is 8.42 Å². The minimum absolute atomic E-state index is 0.0596. The Morgan fingerprint density at radius 3 is 2.11 bits per heavy atom. The largest absolute Gasteiger partial charge is 0.490 e. The van der Waals surface area contributed by atoms with Gasteiger partial charge in [-0.15, -0.1) is 0 Å². The molecule has 196 valence electrons. The van der Waals surface area contributed by atoms with Gasteiger partial charge >= 0.3 is 16.5 Å². The summed E-state index contributed by atoms with van der Waals surface area (Å²) >= 11 is 0. The van der Waals surface area contributed by atoms with Crippen LogP contribution in [0.2, 0.25) is 0 Å². The number of piperidine rings is 1. The van der Waals surface area contributed by atoms with E-state index in [9.17, 15) is 13.2 Å². The average Bonchev–Trinajstić information content (AvgIpc) is 2.83. The predicted octanol–water partition coefficient (Wildman–Crippen LogP) is 4.42. The number of amides is 1. The van der Waals surface area contributed by atoms with E-state index in [1.54, 1.807) is 4.90 Å². The normalized spacial score (nSPS) is 19.0. The van der Waals surface area contributed by atoms with E-state index in [0.717, 1.165) is 29.7 Å². The van der Waals surface area contributed by atoms with Crippen molar-refractivity contribution in [3.05, 3.63) is 59.7 Å². The molecule has 2 aromatic rings. The lowest BCUT2D eigenvalue weighted by atomic mass is 10.0. The third-order valence-corrected chi connectivity index (χ3v) is 6.75. The van der Waals surface area contributed by atoms with Gasteiger partial charge in [0.25, 0.3) is 0 Å². The van der Waals surface area contributed by atoms with Gasteiger partial charge in [-0.05, 0) is 56.2 Å². The highest BCUT2D eigenvalue weighted by atomic mass is 32.3. The summed E-state index contributed by atoms with van der Waals surface area (Å²) in [6.45, 7) is 7.38. The van der Waals surface area contributed by atoms with Gasteiger partial charge in [-0.1, -0.05) is 24.3 Å². The summed E-state index contributed by atoms with van der Waals surface area (Å²) in [6, 6.07) is 15.3. The summed E-state index contributed by atoms with van der Waals surface area (Å²) < 4.78 is 49.3. The highest BCUT2D eigenvalue weighted by Gasteiger charge is 2.28. The highest BCUT2D eigenvalue weighted by molar-refractivity contribution is 7.81. The zero-order valence-electron chi connectivity index (χ0n) is 20.8. The van der Waals surface area contributed by atoms with Crippen LogP contribution in [0.4, 0.5) is 4.79 Å². The van der Waals surface area contributed by atoms with Crippen molar-refractivity contribution in [3.63, 3.8) is 0 Å². The van der Waals surface area contributed by atoms with Gasteiger partial charge in [0.05, 0.1) is 13.2 Å². The molecule has 0 radical (unpaired) electrons. The standard InChI is InChI=1S/C26H33NO8S/c1-26(2,3)35-25(28)27-14-12-24(13-15-27)34-23-8-4-19(5-9-23)16-31-22-10-6-20(7-11-22)21-17-32-36(29,30)33-18-21/h4-11,21,24H,12-18H2,1-3H3. The van der Waals surface area contributed by atoms with Crippen molar-refractivity contribution in [2.24, 2.45) is 0 Å². The van der Waals surface area contributed by atoms with Gasteiger partial charge in [-0.3, -0.25) is 0 Å². The van der Waals surface area contributed by atoms with Crippen molar-refractivity contribution in [1.29, 1.82) is 0 Å². The molecule has 0 saturated carbocycles. The SMILES string of the molecule is CC(C)(C)OC(=O)N1CCC(Oc2ccc(COc3ccc(C4COS(=O)(=O)OC4)cc3)cc2)CC1. The lowest BCUT2D eigenvalue weighted by Gasteiger charge is -2.33. The van der Waals surface area contributed by atoms with Crippen molar-refractivity contribution in [3.8, 4) is 11.5 Å². The number of carbonyl (C=O) groups is 1. The summed E-state index contributed by atoms with van der Waals surface area (Å²) in [5, 5.41) is 0. The Morgan fingerprint density at radius 1 is 0.944 bits per heavy atom. The molecule has 2 heterocycles. The fraction of sp³-hybridized carbons (Fsp3) is 0.500. The molecular formula is C26H33NO8S. The molecule has 36 heavy (non-hydrogen) atoms. The van der Waals surface area contributed by atoms with Crippen molar-refractivity contribution >= 4 is 16.5 Å². The Hall–Kier alpha value is -2.82. The molecule has 2 saturated heterocycles. The highest BCUT2D eigenvalue weighted by Crippen LogP contribution is 2.26. The first kappa shape index (κ1) is 26.2. The third-order valence-electron chi connectivity index (χ3n) is 5.90. The van der Waals surface area contributed by atoms with Crippen LogP contribution in [0.1, 0.15) is 50.7 Å². The van der Waals surface area contributed by atoms with E-state index in [2.05, 4.69) is 0 Å². The van der Waals surface area contributed by atoms with E-state index >= 15 is 0 Å². The van der Waals surface area contributed by atoms with Gasteiger partial charge in [-0.25, -0.2) is 13.2 Å². The van der Waals surface area contributed by atoms with Crippen LogP contribution in [0, 0.1) is 0 Å². The number of hydrogen-bond acceptors (Lipinski definition) is 8. The number of rotatable bonds is 6. The molecule has 1 amide bonds. The van der Waals surface area contributed by atoms with Crippen LogP contribution in [0.15, 0.2) is 48.5 Å². The fourth-order valence-corrected chi connectivity index (χ4v) is 4.68. The number of ether oxygens (including phenoxy) is 3. The Balaban J connectivity index is 1.20. The zero-order valence-corrected chi connectivity index (χ0v) is 21.7. The molecular weight excluding hydrogens is 486 g/mol. The molecule has 4 rings (SSSR count). The molecule has 0 aliphatic carbocycles. The maximum absolute atomic E-state index is 12.2. The van der Waals surface area contributed by atoms with Gasteiger partial charge in [0.1, 0.15) is 29.8 Å². The topological polar surface area (TPSA) is 101 Å². The number of nitrogens with zero attached hydrogens (tertiary/aromatic N) is 1. The summed E-state index contributed by atoms with van der Waals surface area (Å²) in [5.74, 6) is 1.36. The summed E-state index contributed by atoms with van der Waals surface area (Å²) in [6.07, 6.45) is 1.31. The lowest BCUT2D eigenvalue weighted by Crippen LogP contribution is -2.44. The molecule has 2 aliphatic heterocycles. The average molecular weight is 520 g/mol. The van der Waals surface area contributed by atoms with E-state index in [-0.39, 0.29) is 31.3 Å². The zero-order chi connectivity index (χ0) is 25.8. The van der Waals surface area contributed by atoms with Crippen LogP contribution in [0.3, 0.4) is 0 Å². The van der Waals surface area contributed by atoms with E-state index in [0.29, 0.717) is 25.4 Å². The van der Waals surface area contributed by atoms with E-state index in [4.69, 9.17) is 22.6 Å². The third kappa shape index (κ3) is 7.59. The Labute approximate surface area is 212 Å². The Morgan fingerprint density at radius 2 is 1.53 bits per heavy atom. The van der Waals surface area contributed by atoms with Crippen LogP contribution in [-0.2, 0) is 30.1 Å². The molecule has 2 aliphatic rings. The molecule has 0 atom stereocenters. The minimum atomic E-state index is -3.85. The summed E-state index contributed by atoms with van der Waals surface area (Å²) in [7, 11) is -3.85. The minimum Gasteiger partial charge on any atom is -0.490 e.